The van der Waals surface area contributed by atoms with Crippen LogP contribution >= 0.6 is 11.6 Å². The summed E-state index contributed by atoms with van der Waals surface area (Å²) in [5.74, 6) is -1.91. The molecule has 2 N–H and O–H groups in total. The Balaban J connectivity index is 1.62. The lowest BCUT2D eigenvalue weighted by atomic mass is 9.94. The zero-order valence-electron chi connectivity index (χ0n) is 17.9. The van der Waals surface area contributed by atoms with E-state index in [1.807, 2.05) is 0 Å². The van der Waals surface area contributed by atoms with Gasteiger partial charge in [0, 0.05) is 27.9 Å². The molecule has 0 aliphatic heterocycles. The molecule has 1 fully saturated rings. The van der Waals surface area contributed by atoms with Gasteiger partial charge in [-0.1, -0.05) is 30.5 Å². The highest BCUT2D eigenvalue weighted by Gasteiger charge is 2.35. The molecule has 1 unspecified atom stereocenters. The van der Waals surface area contributed by atoms with Gasteiger partial charge in [0.05, 0.1) is 5.56 Å². The van der Waals surface area contributed by atoms with E-state index in [4.69, 9.17) is 16.7 Å². The van der Waals surface area contributed by atoms with Crippen LogP contribution in [-0.2, 0) is 4.79 Å². The molecule has 9 heteroatoms. The number of carbonyl (C=O) groups excluding carboxylic acids is 1. The fraction of sp³-hybridized carbons (Fsp3) is 0.240. The van der Waals surface area contributed by atoms with E-state index in [0.29, 0.717) is 22.8 Å². The number of carboxylic acids is 1. The van der Waals surface area contributed by atoms with Crippen molar-refractivity contribution < 1.29 is 28.2 Å². The van der Waals surface area contributed by atoms with Gasteiger partial charge in [-0.05, 0) is 60.4 Å². The first-order valence-electron chi connectivity index (χ1n) is 10.7. The van der Waals surface area contributed by atoms with Crippen LogP contribution in [0.3, 0.4) is 0 Å². The molecule has 1 aliphatic carbocycles. The van der Waals surface area contributed by atoms with Crippen molar-refractivity contribution in [3.63, 3.8) is 0 Å². The Kier molecular flexibility index (Phi) is 6.79. The second-order valence-corrected chi connectivity index (χ2v) is 8.74. The lowest BCUT2D eigenvalue weighted by molar-refractivity contribution is -0.614. The van der Waals surface area contributed by atoms with E-state index in [1.54, 1.807) is 0 Å². The van der Waals surface area contributed by atoms with Gasteiger partial charge in [-0.3, -0.25) is 4.79 Å². The van der Waals surface area contributed by atoms with Crippen molar-refractivity contribution in [3.8, 4) is 11.1 Å². The largest absolute Gasteiger partial charge is 0.618 e. The quantitative estimate of drug-likeness (QED) is 0.311. The van der Waals surface area contributed by atoms with E-state index in [-0.39, 0.29) is 33.0 Å². The number of halogens is 3. The summed E-state index contributed by atoms with van der Waals surface area (Å²) in [6.45, 7) is 0. The van der Waals surface area contributed by atoms with Gasteiger partial charge in [0.15, 0.2) is 6.20 Å². The molecule has 0 saturated heterocycles. The lowest BCUT2D eigenvalue weighted by Crippen LogP contribution is -2.37. The minimum absolute atomic E-state index is 0.0877. The average Bonchev–Trinajstić information content (AvgIpc) is 3.62. The fourth-order valence-corrected chi connectivity index (χ4v) is 4.04. The zero-order chi connectivity index (χ0) is 24.4. The number of rotatable bonds is 8. The number of pyridine rings is 1. The molecule has 1 heterocycles. The van der Waals surface area contributed by atoms with E-state index in [1.165, 1.54) is 60.8 Å². The van der Waals surface area contributed by atoms with Crippen molar-refractivity contribution in [2.75, 3.05) is 5.32 Å². The fourth-order valence-electron chi connectivity index (χ4n) is 3.86. The Labute approximate surface area is 199 Å². The number of hydrogen-bond acceptors (Lipinski definition) is 3. The number of benzene rings is 2. The summed E-state index contributed by atoms with van der Waals surface area (Å²) in [5.41, 5.74) is 0.881. The average molecular weight is 487 g/mol. The number of nitrogens with zero attached hydrogens (tertiary/aromatic N) is 1. The third-order valence-electron chi connectivity index (χ3n) is 5.84. The number of hydrogen-bond donors (Lipinski definition) is 2. The van der Waals surface area contributed by atoms with E-state index in [0.717, 1.165) is 12.8 Å². The van der Waals surface area contributed by atoms with Crippen molar-refractivity contribution in [1.29, 1.82) is 0 Å². The normalized spacial score (nSPS) is 14.1. The zero-order valence-corrected chi connectivity index (χ0v) is 18.6. The van der Waals surface area contributed by atoms with Crippen molar-refractivity contribution >= 4 is 29.2 Å². The highest BCUT2D eigenvalue weighted by Crippen LogP contribution is 2.39. The van der Waals surface area contributed by atoms with Gasteiger partial charge < -0.3 is 15.6 Å². The number of nitrogens with one attached hydrogen (secondary N) is 1. The second-order valence-electron chi connectivity index (χ2n) is 8.30. The summed E-state index contributed by atoms with van der Waals surface area (Å²) >= 11 is 5.99. The molecule has 1 saturated carbocycles. The first kappa shape index (κ1) is 23.6. The molecule has 1 aromatic heterocycles. The molecule has 176 valence electrons. The van der Waals surface area contributed by atoms with Gasteiger partial charge in [-0.2, -0.15) is 4.73 Å². The van der Waals surface area contributed by atoms with Crippen LogP contribution in [0.2, 0.25) is 5.02 Å². The number of anilines is 1. The van der Waals surface area contributed by atoms with Crippen molar-refractivity contribution in [2.45, 2.75) is 31.6 Å². The van der Waals surface area contributed by atoms with Crippen LogP contribution in [0, 0.1) is 11.1 Å². The Morgan fingerprint density at radius 2 is 1.82 bits per heavy atom. The van der Waals surface area contributed by atoms with Crippen molar-refractivity contribution in [3.05, 3.63) is 87.8 Å². The van der Waals surface area contributed by atoms with Crippen LogP contribution in [-0.4, -0.2) is 17.0 Å². The molecule has 0 radical (unpaired) electrons. The van der Waals surface area contributed by atoms with Crippen molar-refractivity contribution in [2.24, 2.45) is 5.92 Å². The first-order valence-corrected chi connectivity index (χ1v) is 11.1. The monoisotopic (exact) mass is 486 g/mol. The Bertz CT molecular complexity index is 1230. The number of carbonyl (C=O) groups is 2. The topological polar surface area (TPSA) is 93.3 Å². The highest BCUT2D eigenvalue weighted by molar-refractivity contribution is 6.30. The number of alkyl halides is 2. The van der Waals surface area contributed by atoms with Crippen LogP contribution in [0.25, 0.3) is 11.1 Å². The molecule has 6 nitrogen and oxygen atoms in total. The van der Waals surface area contributed by atoms with E-state index >= 15 is 0 Å². The number of aromatic carboxylic acids is 1. The summed E-state index contributed by atoms with van der Waals surface area (Å²) in [7, 11) is 0. The lowest BCUT2D eigenvalue weighted by Gasteiger charge is -2.17. The third-order valence-corrected chi connectivity index (χ3v) is 6.08. The minimum atomic E-state index is -2.74. The molecule has 0 spiro atoms. The van der Waals surface area contributed by atoms with Crippen LogP contribution in [0.15, 0.2) is 60.8 Å². The maximum absolute atomic E-state index is 13.5. The Morgan fingerprint density at radius 1 is 1.12 bits per heavy atom. The van der Waals surface area contributed by atoms with Crippen LogP contribution < -0.4 is 10.0 Å². The molecular formula is C25H21ClF2N2O4. The van der Waals surface area contributed by atoms with E-state index in [2.05, 4.69) is 5.32 Å². The summed E-state index contributed by atoms with van der Waals surface area (Å²) in [4.78, 5) is 24.1. The summed E-state index contributed by atoms with van der Waals surface area (Å²) < 4.78 is 27.5. The third kappa shape index (κ3) is 5.34. The Morgan fingerprint density at radius 3 is 2.41 bits per heavy atom. The van der Waals surface area contributed by atoms with Gasteiger partial charge in [-0.15, -0.1) is 0 Å². The number of amides is 1. The van der Waals surface area contributed by atoms with Crippen molar-refractivity contribution in [1.82, 2.24) is 0 Å². The minimum Gasteiger partial charge on any atom is -0.618 e. The standard InChI is InChI=1S/C25H21ClF2N2O4/c26-17-6-9-19(23(27)28)20(12-17)16-5-10-22(30(34)13-16)21(11-14-1-2-14)24(31)29-18-7-3-15(4-8-18)25(32)33/h3-10,12-14,21,23H,1-2,11H2,(H,29,31)(H,32,33). The molecule has 1 atom stereocenters. The SMILES string of the molecule is O=C(O)c1ccc(NC(=O)C(CC2CC2)c2ccc(-c3cc(Cl)ccc3C(F)F)c[n+]2[O-])cc1. The molecule has 2 aromatic carbocycles. The van der Waals surface area contributed by atoms with Gasteiger partial charge in [0.25, 0.3) is 6.43 Å². The van der Waals surface area contributed by atoms with Crippen LogP contribution in [0.5, 0.6) is 0 Å². The smallest absolute Gasteiger partial charge is 0.335 e. The van der Waals surface area contributed by atoms with E-state index < -0.39 is 24.2 Å². The summed E-state index contributed by atoms with van der Waals surface area (Å²) in [5, 5.41) is 25.0. The molecule has 1 amide bonds. The molecule has 34 heavy (non-hydrogen) atoms. The molecule has 4 rings (SSSR count). The van der Waals surface area contributed by atoms with Crippen LogP contribution in [0.4, 0.5) is 14.5 Å². The van der Waals surface area contributed by atoms with Gasteiger partial charge >= 0.3 is 5.97 Å². The summed E-state index contributed by atoms with van der Waals surface area (Å²) in [6, 6.07) is 12.7. The van der Waals surface area contributed by atoms with Gasteiger partial charge in [0.1, 0.15) is 5.92 Å². The maximum atomic E-state index is 13.5. The molecule has 3 aromatic rings. The highest BCUT2D eigenvalue weighted by atomic mass is 35.5. The maximum Gasteiger partial charge on any atom is 0.335 e. The Hall–Kier alpha value is -3.52. The van der Waals surface area contributed by atoms with Crippen LogP contribution in [0.1, 0.15) is 53.2 Å². The predicted molar refractivity (Wildman–Crippen MR) is 123 cm³/mol. The van der Waals surface area contributed by atoms with Gasteiger partial charge in [-0.25, -0.2) is 13.6 Å². The summed E-state index contributed by atoms with van der Waals surface area (Å²) in [6.07, 6.45) is 0.845. The first-order chi connectivity index (χ1) is 16.2. The number of carboxylic acid groups (broad SMARTS) is 1. The van der Waals surface area contributed by atoms with E-state index in [9.17, 15) is 23.6 Å². The molecule has 0 bridgehead atoms. The number of aromatic nitrogens is 1. The predicted octanol–water partition coefficient (Wildman–Crippen LogP) is 5.80. The second kappa shape index (κ2) is 9.77. The molecular weight excluding hydrogens is 466 g/mol. The van der Waals surface area contributed by atoms with Gasteiger partial charge in [0.2, 0.25) is 11.6 Å². The molecule has 1 aliphatic rings.